The van der Waals surface area contributed by atoms with Gasteiger partial charge in [-0.3, -0.25) is 20.2 Å². The van der Waals surface area contributed by atoms with Gasteiger partial charge in [-0.15, -0.1) is 0 Å². The predicted molar refractivity (Wildman–Crippen MR) is 78.2 cm³/mol. The largest absolute Gasteiger partial charge is 0.513 e. The number of methoxy groups -OCH3 is 1. The van der Waals surface area contributed by atoms with E-state index in [2.05, 4.69) is 4.74 Å². The summed E-state index contributed by atoms with van der Waals surface area (Å²) >= 11 is 0. The Bertz CT molecular complexity index is 771. The maximum atomic E-state index is 11.3. The number of carbonyl (C=O) groups is 1. The minimum atomic E-state index is -0.984. The number of carbonyl (C=O) groups excluding carboxylic acids is 1. The summed E-state index contributed by atoms with van der Waals surface area (Å²) in [5, 5.41) is 21.6. The molecule has 2 aromatic rings. The normalized spacial score (nSPS) is 9.96. The third kappa shape index (κ3) is 3.59. The molecule has 0 saturated carbocycles. The summed E-state index contributed by atoms with van der Waals surface area (Å²) in [6.07, 6.45) is -0.984. The fourth-order valence-corrected chi connectivity index (χ4v) is 1.84. The van der Waals surface area contributed by atoms with Crippen molar-refractivity contribution in [1.29, 1.82) is 0 Å². The van der Waals surface area contributed by atoms with E-state index in [4.69, 9.17) is 4.74 Å². The number of nitro groups is 2. The Labute approximate surface area is 129 Å². The van der Waals surface area contributed by atoms with Crippen LogP contribution in [0.15, 0.2) is 42.5 Å². The van der Waals surface area contributed by atoms with Gasteiger partial charge in [-0.25, -0.2) is 4.79 Å². The first-order chi connectivity index (χ1) is 10.9. The first kappa shape index (κ1) is 15.9. The molecule has 0 spiro atoms. The minimum absolute atomic E-state index is 0.0382. The van der Waals surface area contributed by atoms with E-state index in [1.807, 2.05) is 0 Å². The van der Waals surface area contributed by atoms with E-state index in [0.29, 0.717) is 5.56 Å². The number of hydrogen-bond acceptors (Lipinski definition) is 7. The van der Waals surface area contributed by atoms with Crippen LogP contribution in [0.25, 0.3) is 11.1 Å². The summed E-state index contributed by atoms with van der Waals surface area (Å²) in [6.45, 7) is 0. The molecule has 0 saturated heterocycles. The number of nitro benzene ring substituents is 2. The second kappa shape index (κ2) is 6.52. The molecule has 0 amide bonds. The zero-order valence-electron chi connectivity index (χ0n) is 11.8. The Morgan fingerprint density at radius 2 is 1.52 bits per heavy atom. The molecule has 0 aliphatic rings. The van der Waals surface area contributed by atoms with Crippen molar-refractivity contribution in [3.8, 4) is 16.9 Å². The molecule has 2 aromatic carbocycles. The van der Waals surface area contributed by atoms with Crippen LogP contribution >= 0.6 is 0 Å². The molecule has 9 heteroatoms. The number of nitrogens with zero attached hydrogens (tertiary/aromatic N) is 2. The Morgan fingerprint density at radius 3 is 2.04 bits per heavy atom. The van der Waals surface area contributed by atoms with E-state index in [1.165, 1.54) is 42.5 Å². The highest BCUT2D eigenvalue weighted by Gasteiger charge is 2.17. The second-order valence-electron chi connectivity index (χ2n) is 4.30. The highest BCUT2D eigenvalue weighted by molar-refractivity contribution is 5.77. The Hall–Kier alpha value is -3.49. The molecule has 0 unspecified atom stereocenters. The molecule has 0 atom stereocenters. The van der Waals surface area contributed by atoms with E-state index < -0.39 is 16.0 Å². The van der Waals surface area contributed by atoms with Gasteiger partial charge in [0.2, 0.25) is 0 Å². The average Bonchev–Trinajstić information content (AvgIpc) is 2.55. The van der Waals surface area contributed by atoms with Crippen molar-refractivity contribution in [2.75, 3.05) is 7.11 Å². The standard InChI is InChI=1S/C14H10N2O7/c1-22-14(17)23-13-7-6-11(16(20)21)8-12(13)9-2-4-10(5-3-9)15(18)19/h2-8H,1H3. The van der Waals surface area contributed by atoms with Crippen molar-refractivity contribution in [2.24, 2.45) is 0 Å². The molecule has 118 valence electrons. The first-order valence-corrected chi connectivity index (χ1v) is 6.21. The maximum Gasteiger partial charge on any atom is 0.513 e. The number of hydrogen-bond donors (Lipinski definition) is 0. The summed E-state index contributed by atoms with van der Waals surface area (Å²) < 4.78 is 9.33. The van der Waals surface area contributed by atoms with Gasteiger partial charge in [0.25, 0.3) is 11.4 Å². The maximum absolute atomic E-state index is 11.3. The number of ether oxygens (including phenoxy) is 2. The van der Waals surface area contributed by atoms with Crippen LogP contribution in [-0.2, 0) is 4.74 Å². The number of non-ortho nitro benzene ring substituents is 2. The predicted octanol–water partition coefficient (Wildman–Crippen LogP) is 3.32. The van der Waals surface area contributed by atoms with Crippen LogP contribution in [-0.4, -0.2) is 23.1 Å². The zero-order valence-corrected chi connectivity index (χ0v) is 11.8. The van der Waals surface area contributed by atoms with Crippen LogP contribution in [0.3, 0.4) is 0 Å². The number of benzene rings is 2. The molecule has 9 nitrogen and oxygen atoms in total. The molecule has 0 aromatic heterocycles. The van der Waals surface area contributed by atoms with Gasteiger partial charge in [0.05, 0.1) is 17.0 Å². The molecular weight excluding hydrogens is 308 g/mol. The minimum Gasteiger partial charge on any atom is -0.437 e. The summed E-state index contributed by atoms with van der Waals surface area (Å²) in [4.78, 5) is 31.7. The lowest BCUT2D eigenvalue weighted by molar-refractivity contribution is -0.384. The van der Waals surface area contributed by atoms with Crippen molar-refractivity contribution in [3.05, 3.63) is 62.7 Å². The average molecular weight is 318 g/mol. The number of rotatable bonds is 4. The van der Waals surface area contributed by atoms with E-state index in [9.17, 15) is 25.0 Å². The van der Waals surface area contributed by atoms with Crippen LogP contribution in [0.5, 0.6) is 5.75 Å². The lowest BCUT2D eigenvalue weighted by Gasteiger charge is -2.09. The zero-order chi connectivity index (χ0) is 17.0. The molecule has 0 N–H and O–H groups in total. The topological polar surface area (TPSA) is 122 Å². The van der Waals surface area contributed by atoms with E-state index >= 15 is 0 Å². The van der Waals surface area contributed by atoms with Crippen LogP contribution in [0, 0.1) is 20.2 Å². The van der Waals surface area contributed by atoms with Gasteiger partial charge in [-0.2, -0.15) is 0 Å². The SMILES string of the molecule is COC(=O)Oc1ccc([N+](=O)[O-])cc1-c1ccc([N+](=O)[O-])cc1. The van der Waals surface area contributed by atoms with E-state index in [0.717, 1.165) is 7.11 Å². The highest BCUT2D eigenvalue weighted by Crippen LogP contribution is 2.34. The molecule has 0 fully saturated rings. The molecular formula is C14H10N2O7. The Morgan fingerprint density at radius 1 is 0.957 bits per heavy atom. The van der Waals surface area contributed by atoms with Crippen molar-refractivity contribution < 1.29 is 24.1 Å². The molecule has 0 aliphatic carbocycles. The third-order valence-corrected chi connectivity index (χ3v) is 2.92. The molecule has 0 radical (unpaired) electrons. The Balaban J connectivity index is 2.51. The third-order valence-electron chi connectivity index (χ3n) is 2.92. The second-order valence-corrected chi connectivity index (χ2v) is 4.30. The molecule has 0 heterocycles. The van der Waals surface area contributed by atoms with Crippen molar-refractivity contribution in [2.45, 2.75) is 0 Å². The lowest BCUT2D eigenvalue weighted by Crippen LogP contribution is -2.08. The monoisotopic (exact) mass is 318 g/mol. The molecule has 2 rings (SSSR count). The van der Waals surface area contributed by atoms with Crippen LogP contribution in [0.2, 0.25) is 0 Å². The quantitative estimate of drug-likeness (QED) is 0.366. The van der Waals surface area contributed by atoms with Crippen molar-refractivity contribution >= 4 is 17.5 Å². The Kier molecular flexibility index (Phi) is 4.50. The van der Waals surface area contributed by atoms with Gasteiger partial charge < -0.3 is 9.47 Å². The van der Waals surface area contributed by atoms with Gasteiger partial charge in [0, 0.05) is 29.8 Å². The van der Waals surface area contributed by atoms with Crippen molar-refractivity contribution in [3.63, 3.8) is 0 Å². The smallest absolute Gasteiger partial charge is 0.437 e. The first-order valence-electron chi connectivity index (χ1n) is 6.21. The van der Waals surface area contributed by atoms with E-state index in [1.54, 1.807) is 0 Å². The van der Waals surface area contributed by atoms with Gasteiger partial charge in [-0.05, 0) is 23.8 Å². The fraction of sp³-hybridized carbons (Fsp3) is 0.0714. The summed E-state index contributed by atoms with van der Waals surface area (Å²) in [7, 11) is 1.12. The fourth-order valence-electron chi connectivity index (χ4n) is 1.84. The van der Waals surface area contributed by atoms with Crippen molar-refractivity contribution in [1.82, 2.24) is 0 Å². The summed E-state index contributed by atoms with van der Waals surface area (Å²) in [6, 6.07) is 8.94. The van der Waals surface area contributed by atoms with Crippen LogP contribution in [0.1, 0.15) is 0 Å². The highest BCUT2D eigenvalue weighted by atomic mass is 16.7. The molecule has 0 aliphatic heterocycles. The lowest BCUT2D eigenvalue weighted by atomic mass is 10.0. The van der Waals surface area contributed by atoms with Gasteiger partial charge in [-0.1, -0.05) is 0 Å². The van der Waals surface area contributed by atoms with Gasteiger partial charge in [0.15, 0.2) is 0 Å². The summed E-state index contributed by atoms with van der Waals surface area (Å²) in [5.74, 6) is 0.0382. The molecule has 23 heavy (non-hydrogen) atoms. The molecule has 0 bridgehead atoms. The van der Waals surface area contributed by atoms with Gasteiger partial charge >= 0.3 is 6.16 Å². The van der Waals surface area contributed by atoms with Crippen LogP contribution in [0.4, 0.5) is 16.2 Å². The van der Waals surface area contributed by atoms with Gasteiger partial charge in [0.1, 0.15) is 5.75 Å². The van der Waals surface area contributed by atoms with E-state index in [-0.39, 0.29) is 22.7 Å². The van der Waals surface area contributed by atoms with Crippen LogP contribution < -0.4 is 4.74 Å². The summed E-state index contributed by atoms with van der Waals surface area (Å²) in [5.41, 5.74) is 0.308.